The Morgan fingerprint density at radius 3 is 2.34 bits per heavy atom. The molecule has 0 saturated heterocycles. The number of hydrogen-bond acceptors (Lipinski definition) is 5. The Kier molecular flexibility index (Phi) is 10.5. The molecular formula is C23H35NO5. The number of rotatable bonds is 10. The number of ether oxygens (including phenoxy) is 3. The van der Waals surface area contributed by atoms with E-state index in [1.54, 1.807) is 13.0 Å². The topological polar surface area (TPSA) is 73.9 Å². The van der Waals surface area contributed by atoms with E-state index in [1.165, 1.54) is 6.08 Å². The summed E-state index contributed by atoms with van der Waals surface area (Å²) >= 11 is 0. The zero-order valence-corrected chi connectivity index (χ0v) is 18.4. The zero-order valence-electron chi connectivity index (χ0n) is 18.4. The average Bonchev–Trinajstić information content (AvgIpc) is 2.60. The minimum absolute atomic E-state index is 0.296. The van der Waals surface area contributed by atoms with Gasteiger partial charge in [-0.15, -0.1) is 0 Å². The third-order valence-electron chi connectivity index (χ3n) is 3.82. The molecule has 2 atom stereocenters. The maximum atomic E-state index is 12.4. The Morgan fingerprint density at radius 1 is 1.14 bits per heavy atom. The first-order valence-corrected chi connectivity index (χ1v) is 10.1. The Hall–Kier alpha value is -2.34. The highest BCUT2D eigenvalue weighted by Crippen LogP contribution is 2.16. The number of hydrogen-bond donors (Lipinski definition) is 1. The Morgan fingerprint density at radius 2 is 1.79 bits per heavy atom. The van der Waals surface area contributed by atoms with Crippen molar-refractivity contribution in [3.05, 3.63) is 48.0 Å². The number of carbonyl (C=O) groups is 2. The van der Waals surface area contributed by atoms with Gasteiger partial charge in [-0.25, -0.2) is 9.59 Å². The molecule has 162 valence electrons. The summed E-state index contributed by atoms with van der Waals surface area (Å²) in [5.74, 6) is -0.143. The Labute approximate surface area is 174 Å². The number of alkyl carbamates (subject to hydrolysis) is 1. The highest BCUT2D eigenvalue weighted by molar-refractivity contribution is 5.82. The van der Waals surface area contributed by atoms with E-state index < -0.39 is 23.8 Å². The van der Waals surface area contributed by atoms with E-state index in [0.717, 1.165) is 5.56 Å². The summed E-state index contributed by atoms with van der Waals surface area (Å²) in [6, 6.07) is 9.38. The fourth-order valence-corrected chi connectivity index (χ4v) is 2.68. The lowest BCUT2D eigenvalue weighted by atomic mass is 9.98. The van der Waals surface area contributed by atoms with Gasteiger partial charge in [-0.3, -0.25) is 0 Å². The quantitative estimate of drug-likeness (QED) is 0.454. The molecule has 0 fully saturated rings. The average molecular weight is 406 g/mol. The fourth-order valence-electron chi connectivity index (χ4n) is 2.68. The first kappa shape index (κ1) is 24.7. The highest BCUT2D eigenvalue weighted by atomic mass is 16.6. The van der Waals surface area contributed by atoms with Crippen LogP contribution in [0.2, 0.25) is 0 Å². The molecule has 6 nitrogen and oxygen atoms in total. The molecule has 0 unspecified atom stereocenters. The van der Waals surface area contributed by atoms with Crippen molar-refractivity contribution < 1.29 is 23.8 Å². The van der Waals surface area contributed by atoms with Crippen LogP contribution in [0, 0.1) is 5.92 Å². The first-order chi connectivity index (χ1) is 13.6. The largest absolute Gasteiger partial charge is 0.463 e. The number of carbonyl (C=O) groups excluding carboxylic acids is 2. The number of benzene rings is 1. The minimum Gasteiger partial charge on any atom is -0.463 e. The molecule has 0 aromatic heterocycles. The van der Waals surface area contributed by atoms with Gasteiger partial charge < -0.3 is 19.5 Å². The lowest BCUT2D eigenvalue weighted by molar-refractivity contribution is -0.137. The zero-order chi connectivity index (χ0) is 21.9. The Bertz CT molecular complexity index is 649. The molecule has 1 aromatic carbocycles. The highest BCUT2D eigenvalue weighted by Gasteiger charge is 2.26. The normalized spacial score (nSPS) is 13.9. The second-order valence-corrected chi connectivity index (χ2v) is 8.25. The standard InChI is InChI=1S/C23H35NO5/c1-7-27-21(25)14-13-20(28-16-18-11-9-8-10-12-18)19(15-17(2)3)24-22(26)29-23(4,5)6/h8-14,17,19-20H,7,15-16H2,1-6H3,(H,24,26)/b14-13+/t19-,20-/m0/s1. The van der Waals surface area contributed by atoms with Crippen LogP contribution >= 0.6 is 0 Å². The monoisotopic (exact) mass is 405 g/mol. The molecule has 1 aromatic rings. The van der Waals surface area contributed by atoms with Crippen molar-refractivity contribution in [1.29, 1.82) is 0 Å². The Balaban J connectivity index is 2.98. The van der Waals surface area contributed by atoms with Crippen LogP contribution in [0.4, 0.5) is 4.79 Å². The van der Waals surface area contributed by atoms with Crippen LogP contribution in [-0.4, -0.2) is 36.4 Å². The van der Waals surface area contributed by atoms with Crippen LogP contribution in [0.15, 0.2) is 42.5 Å². The smallest absolute Gasteiger partial charge is 0.407 e. The molecule has 1 rings (SSSR count). The SMILES string of the molecule is CCOC(=O)/C=C/[C@H](OCc1ccccc1)[C@H](CC(C)C)NC(=O)OC(C)(C)C. The second kappa shape index (κ2) is 12.3. The molecule has 0 aliphatic heterocycles. The van der Waals surface area contributed by atoms with Gasteiger partial charge in [-0.2, -0.15) is 0 Å². The molecule has 0 saturated carbocycles. The molecule has 0 aliphatic rings. The molecule has 0 bridgehead atoms. The van der Waals surface area contributed by atoms with Gasteiger partial charge in [0.2, 0.25) is 0 Å². The third-order valence-corrected chi connectivity index (χ3v) is 3.82. The van der Waals surface area contributed by atoms with Crippen LogP contribution in [0.25, 0.3) is 0 Å². The van der Waals surface area contributed by atoms with Gasteiger partial charge in [0.25, 0.3) is 0 Å². The van der Waals surface area contributed by atoms with Gasteiger partial charge >= 0.3 is 12.1 Å². The van der Waals surface area contributed by atoms with Crippen molar-refractivity contribution in [2.24, 2.45) is 5.92 Å². The third kappa shape index (κ3) is 11.3. The minimum atomic E-state index is -0.604. The first-order valence-electron chi connectivity index (χ1n) is 10.1. The summed E-state index contributed by atoms with van der Waals surface area (Å²) in [7, 11) is 0. The van der Waals surface area contributed by atoms with Crippen molar-refractivity contribution in [2.45, 2.75) is 72.3 Å². The van der Waals surface area contributed by atoms with E-state index in [1.807, 2.05) is 51.1 Å². The van der Waals surface area contributed by atoms with Crippen LogP contribution in [0.1, 0.15) is 53.5 Å². The lowest BCUT2D eigenvalue weighted by Crippen LogP contribution is -2.46. The van der Waals surface area contributed by atoms with Crippen LogP contribution in [-0.2, 0) is 25.6 Å². The molecular weight excluding hydrogens is 370 g/mol. The van der Waals surface area contributed by atoms with Gasteiger partial charge in [0.05, 0.1) is 25.4 Å². The van der Waals surface area contributed by atoms with Crippen molar-refractivity contribution >= 4 is 12.1 Å². The van der Waals surface area contributed by atoms with Crippen molar-refractivity contribution in [3.8, 4) is 0 Å². The van der Waals surface area contributed by atoms with E-state index in [-0.39, 0.29) is 6.04 Å². The maximum absolute atomic E-state index is 12.4. The molecule has 6 heteroatoms. The van der Waals surface area contributed by atoms with E-state index in [2.05, 4.69) is 19.2 Å². The molecule has 0 radical (unpaired) electrons. The summed E-state index contributed by atoms with van der Waals surface area (Å²) in [6.07, 6.45) is 2.62. The van der Waals surface area contributed by atoms with E-state index in [4.69, 9.17) is 14.2 Å². The number of esters is 1. The summed E-state index contributed by atoms with van der Waals surface area (Å²) < 4.78 is 16.5. The molecule has 1 amide bonds. The summed E-state index contributed by atoms with van der Waals surface area (Å²) in [5, 5.41) is 2.91. The van der Waals surface area contributed by atoms with Crippen molar-refractivity contribution in [1.82, 2.24) is 5.32 Å². The molecule has 0 heterocycles. The van der Waals surface area contributed by atoms with Gasteiger partial charge in [-0.05, 0) is 51.7 Å². The van der Waals surface area contributed by atoms with Gasteiger partial charge in [0.15, 0.2) is 0 Å². The molecule has 29 heavy (non-hydrogen) atoms. The summed E-state index contributed by atoms with van der Waals surface area (Å²) in [4.78, 5) is 24.2. The molecule has 0 aliphatic carbocycles. The fraction of sp³-hybridized carbons (Fsp3) is 0.565. The molecule has 1 N–H and O–H groups in total. The van der Waals surface area contributed by atoms with Gasteiger partial charge in [0, 0.05) is 6.08 Å². The van der Waals surface area contributed by atoms with Gasteiger partial charge in [0.1, 0.15) is 5.60 Å². The number of amides is 1. The maximum Gasteiger partial charge on any atom is 0.407 e. The van der Waals surface area contributed by atoms with E-state index >= 15 is 0 Å². The lowest BCUT2D eigenvalue weighted by Gasteiger charge is -2.29. The number of nitrogens with one attached hydrogen (secondary N) is 1. The predicted octanol–water partition coefficient (Wildman–Crippen LogP) is 4.63. The van der Waals surface area contributed by atoms with E-state index in [0.29, 0.717) is 25.6 Å². The molecule has 0 spiro atoms. The van der Waals surface area contributed by atoms with Crippen LogP contribution in [0.3, 0.4) is 0 Å². The van der Waals surface area contributed by atoms with E-state index in [9.17, 15) is 9.59 Å². The summed E-state index contributed by atoms with van der Waals surface area (Å²) in [5.41, 5.74) is 0.399. The predicted molar refractivity (Wildman–Crippen MR) is 113 cm³/mol. The van der Waals surface area contributed by atoms with Crippen LogP contribution in [0.5, 0.6) is 0 Å². The van der Waals surface area contributed by atoms with Gasteiger partial charge in [-0.1, -0.05) is 44.2 Å². The summed E-state index contributed by atoms with van der Waals surface area (Å²) in [6.45, 7) is 12.0. The van der Waals surface area contributed by atoms with Crippen molar-refractivity contribution in [3.63, 3.8) is 0 Å². The second-order valence-electron chi connectivity index (χ2n) is 8.25. The van der Waals surface area contributed by atoms with Crippen molar-refractivity contribution in [2.75, 3.05) is 6.61 Å². The van der Waals surface area contributed by atoms with Crippen LogP contribution < -0.4 is 5.32 Å².